The second kappa shape index (κ2) is 5.90. The van der Waals surface area contributed by atoms with E-state index in [0.29, 0.717) is 17.1 Å². The molecule has 7 nitrogen and oxygen atoms in total. The number of anilines is 1. The van der Waals surface area contributed by atoms with Crippen LogP contribution in [0.1, 0.15) is 5.56 Å². The fourth-order valence-corrected chi connectivity index (χ4v) is 2.59. The maximum Gasteiger partial charge on any atom is 0.242 e. The summed E-state index contributed by atoms with van der Waals surface area (Å²) in [5.41, 5.74) is 3.64. The van der Waals surface area contributed by atoms with Gasteiger partial charge in [0, 0.05) is 17.3 Å². The summed E-state index contributed by atoms with van der Waals surface area (Å²) in [7, 11) is 0. The van der Waals surface area contributed by atoms with Crippen molar-refractivity contribution < 1.29 is 0 Å². The molecule has 0 spiro atoms. The molecule has 0 aliphatic rings. The number of nitrogens with two attached hydrogens (primary N) is 1. The Morgan fingerprint density at radius 1 is 1.24 bits per heavy atom. The third-order valence-corrected chi connectivity index (χ3v) is 3.52. The van der Waals surface area contributed by atoms with Crippen LogP contribution >= 0.6 is 11.8 Å². The molecule has 0 aliphatic carbocycles. The number of rotatable bonds is 4. The molecule has 0 amide bonds. The SMILES string of the molecule is Cc1cccc(Sc2nc(NN)nc(-n3ccnc3)n2)c1. The van der Waals surface area contributed by atoms with Crippen LogP contribution in [-0.4, -0.2) is 24.5 Å². The molecule has 106 valence electrons. The molecule has 3 N–H and O–H groups in total. The number of aryl methyl sites for hydroxylation is 1. The molecule has 8 heteroatoms. The molecule has 2 aromatic heterocycles. The Bertz CT molecular complexity index is 742. The van der Waals surface area contributed by atoms with Gasteiger partial charge in [-0.1, -0.05) is 17.7 Å². The highest BCUT2D eigenvalue weighted by molar-refractivity contribution is 7.99. The van der Waals surface area contributed by atoms with Gasteiger partial charge in [-0.15, -0.1) is 0 Å². The van der Waals surface area contributed by atoms with Gasteiger partial charge in [-0.2, -0.15) is 15.0 Å². The Kier molecular flexibility index (Phi) is 3.80. The Balaban J connectivity index is 1.96. The molecule has 0 unspecified atom stereocenters. The quantitative estimate of drug-likeness (QED) is 0.560. The zero-order valence-electron chi connectivity index (χ0n) is 11.3. The summed E-state index contributed by atoms with van der Waals surface area (Å²) in [5.74, 6) is 6.19. The van der Waals surface area contributed by atoms with E-state index in [0.717, 1.165) is 4.90 Å². The van der Waals surface area contributed by atoms with Gasteiger partial charge in [0.1, 0.15) is 6.33 Å². The molecule has 3 rings (SSSR count). The summed E-state index contributed by atoms with van der Waals surface area (Å²) in [6.07, 6.45) is 5.04. The van der Waals surface area contributed by atoms with Crippen LogP contribution in [0, 0.1) is 6.92 Å². The number of nitrogens with one attached hydrogen (secondary N) is 1. The highest BCUT2D eigenvalue weighted by Gasteiger charge is 2.09. The topological polar surface area (TPSA) is 94.5 Å². The van der Waals surface area contributed by atoms with Gasteiger partial charge >= 0.3 is 0 Å². The van der Waals surface area contributed by atoms with Gasteiger partial charge in [0.2, 0.25) is 11.9 Å². The first-order valence-corrected chi connectivity index (χ1v) is 7.02. The summed E-state index contributed by atoms with van der Waals surface area (Å²) in [4.78, 5) is 17.9. The van der Waals surface area contributed by atoms with Gasteiger partial charge in [-0.25, -0.2) is 10.8 Å². The van der Waals surface area contributed by atoms with Crippen molar-refractivity contribution in [1.82, 2.24) is 24.5 Å². The molecule has 0 fully saturated rings. The second-order valence-electron chi connectivity index (χ2n) is 4.27. The average Bonchev–Trinajstić information content (AvgIpc) is 3.01. The maximum atomic E-state index is 5.42. The van der Waals surface area contributed by atoms with E-state index in [1.807, 2.05) is 25.1 Å². The number of hydrogen-bond donors (Lipinski definition) is 2. The van der Waals surface area contributed by atoms with Crippen LogP contribution in [-0.2, 0) is 0 Å². The molecular formula is C13H13N7S. The van der Waals surface area contributed by atoms with Crippen LogP contribution in [0.3, 0.4) is 0 Å². The molecule has 1 aromatic carbocycles. The van der Waals surface area contributed by atoms with E-state index >= 15 is 0 Å². The Hall–Kier alpha value is -2.45. The minimum absolute atomic E-state index is 0.309. The third-order valence-electron chi connectivity index (χ3n) is 2.67. The van der Waals surface area contributed by atoms with Crippen molar-refractivity contribution in [3.05, 3.63) is 48.5 Å². The van der Waals surface area contributed by atoms with Gasteiger partial charge < -0.3 is 0 Å². The lowest BCUT2D eigenvalue weighted by atomic mass is 10.2. The lowest BCUT2D eigenvalue weighted by Gasteiger charge is -2.06. The number of benzene rings is 1. The summed E-state index contributed by atoms with van der Waals surface area (Å²) < 4.78 is 1.70. The van der Waals surface area contributed by atoms with Crippen molar-refractivity contribution in [2.45, 2.75) is 17.0 Å². The molecule has 3 aromatic rings. The van der Waals surface area contributed by atoms with Crippen LogP contribution in [0.2, 0.25) is 0 Å². The molecule has 0 radical (unpaired) electrons. The van der Waals surface area contributed by atoms with Crippen LogP contribution in [0.25, 0.3) is 5.95 Å². The summed E-state index contributed by atoms with van der Waals surface area (Å²) >= 11 is 1.45. The third kappa shape index (κ3) is 3.18. The first-order valence-electron chi connectivity index (χ1n) is 6.20. The Morgan fingerprint density at radius 2 is 2.14 bits per heavy atom. The molecule has 0 atom stereocenters. The van der Waals surface area contributed by atoms with Crippen molar-refractivity contribution in [3.8, 4) is 5.95 Å². The monoisotopic (exact) mass is 299 g/mol. The first kappa shape index (κ1) is 13.5. The van der Waals surface area contributed by atoms with Crippen molar-refractivity contribution in [2.75, 3.05) is 5.43 Å². The zero-order valence-corrected chi connectivity index (χ0v) is 12.1. The fraction of sp³-hybridized carbons (Fsp3) is 0.0769. The van der Waals surface area contributed by atoms with E-state index in [-0.39, 0.29) is 0 Å². The fourth-order valence-electron chi connectivity index (χ4n) is 1.73. The van der Waals surface area contributed by atoms with Gasteiger partial charge in [0.25, 0.3) is 0 Å². The molecule has 0 saturated heterocycles. The highest BCUT2D eigenvalue weighted by atomic mass is 32.2. The van der Waals surface area contributed by atoms with Crippen molar-refractivity contribution >= 4 is 17.7 Å². The summed E-state index contributed by atoms with van der Waals surface area (Å²) in [6.45, 7) is 2.04. The van der Waals surface area contributed by atoms with Gasteiger partial charge in [0.15, 0.2) is 5.16 Å². The lowest BCUT2D eigenvalue weighted by molar-refractivity contribution is 0.824. The van der Waals surface area contributed by atoms with Gasteiger partial charge in [-0.3, -0.25) is 9.99 Å². The number of nitrogen functional groups attached to an aromatic ring is 1. The predicted molar refractivity (Wildman–Crippen MR) is 80.1 cm³/mol. The molecule has 0 aliphatic heterocycles. The smallest absolute Gasteiger partial charge is 0.242 e. The number of hydrazine groups is 1. The van der Waals surface area contributed by atoms with E-state index in [4.69, 9.17) is 5.84 Å². The lowest BCUT2D eigenvalue weighted by Crippen LogP contribution is -2.13. The second-order valence-corrected chi connectivity index (χ2v) is 5.32. The van der Waals surface area contributed by atoms with E-state index in [1.54, 1.807) is 23.3 Å². The van der Waals surface area contributed by atoms with Crippen molar-refractivity contribution in [1.29, 1.82) is 0 Å². The first-order chi connectivity index (χ1) is 10.2. The minimum atomic E-state index is 0.309. The molecule has 0 bridgehead atoms. The van der Waals surface area contributed by atoms with Gasteiger partial charge in [-0.05, 0) is 30.8 Å². The van der Waals surface area contributed by atoms with E-state index in [9.17, 15) is 0 Å². The van der Waals surface area contributed by atoms with E-state index in [2.05, 4.69) is 31.4 Å². The van der Waals surface area contributed by atoms with Crippen LogP contribution < -0.4 is 11.3 Å². The highest BCUT2D eigenvalue weighted by Crippen LogP contribution is 2.26. The van der Waals surface area contributed by atoms with Crippen LogP contribution in [0.4, 0.5) is 5.95 Å². The number of hydrogen-bond acceptors (Lipinski definition) is 7. The molecule has 21 heavy (non-hydrogen) atoms. The maximum absolute atomic E-state index is 5.42. The van der Waals surface area contributed by atoms with E-state index in [1.165, 1.54) is 17.3 Å². The van der Waals surface area contributed by atoms with E-state index < -0.39 is 0 Å². The van der Waals surface area contributed by atoms with Crippen molar-refractivity contribution in [3.63, 3.8) is 0 Å². The summed E-state index contributed by atoms with van der Waals surface area (Å²) in [6, 6.07) is 8.12. The van der Waals surface area contributed by atoms with Crippen LogP contribution in [0.15, 0.2) is 53.0 Å². The molecule has 0 saturated carbocycles. The number of nitrogens with zero attached hydrogens (tertiary/aromatic N) is 5. The number of imidazole rings is 1. The molecule has 2 heterocycles. The van der Waals surface area contributed by atoms with Crippen LogP contribution in [0.5, 0.6) is 0 Å². The zero-order chi connectivity index (χ0) is 14.7. The Labute approximate surface area is 125 Å². The molecular weight excluding hydrogens is 286 g/mol. The largest absolute Gasteiger partial charge is 0.292 e. The average molecular weight is 299 g/mol. The van der Waals surface area contributed by atoms with Crippen molar-refractivity contribution in [2.24, 2.45) is 5.84 Å². The standard InChI is InChI=1S/C13H13N7S/c1-9-3-2-4-10(7-9)21-13-17-11(19-14)16-12(18-13)20-6-5-15-8-20/h2-8H,14H2,1H3,(H,16,17,18,19). The van der Waals surface area contributed by atoms with Gasteiger partial charge in [0.05, 0.1) is 0 Å². The Morgan fingerprint density at radius 3 is 2.86 bits per heavy atom. The minimum Gasteiger partial charge on any atom is -0.292 e. The normalized spacial score (nSPS) is 10.6. The number of aromatic nitrogens is 5. The predicted octanol–water partition coefficient (Wildman–Crippen LogP) is 1.80. The summed E-state index contributed by atoms with van der Waals surface area (Å²) in [5, 5.41) is 0.562.